The maximum Gasteiger partial charge on any atom is 0.251 e. The average Bonchev–Trinajstić information content (AvgIpc) is 3.28. The Bertz CT molecular complexity index is 945. The second-order valence-corrected chi connectivity index (χ2v) is 7.16. The van der Waals surface area contributed by atoms with Gasteiger partial charge in [0.15, 0.2) is 5.82 Å². The number of benzene rings is 2. The van der Waals surface area contributed by atoms with Crippen LogP contribution < -0.4 is 10.2 Å². The molecule has 1 fully saturated rings. The van der Waals surface area contributed by atoms with Crippen molar-refractivity contribution in [3.63, 3.8) is 0 Å². The van der Waals surface area contributed by atoms with Gasteiger partial charge in [0, 0.05) is 30.8 Å². The van der Waals surface area contributed by atoms with Gasteiger partial charge < -0.3 is 10.2 Å². The fourth-order valence-electron chi connectivity index (χ4n) is 3.47. The molecule has 1 N–H and O–H groups in total. The summed E-state index contributed by atoms with van der Waals surface area (Å²) in [5.74, 6) is 0.860. The number of rotatable bonds is 5. The summed E-state index contributed by atoms with van der Waals surface area (Å²) < 4.78 is 0. The molecule has 0 unspecified atom stereocenters. The Hall–Kier alpha value is -3.21. The van der Waals surface area contributed by atoms with Crippen LogP contribution in [0.5, 0.6) is 0 Å². The van der Waals surface area contributed by atoms with Crippen LogP contribution in [0.25, 0.3) is 11.3 Å². The van der Waals surface area contributed by atoms with Gasteiger partial charge in [0.1, 0.15) is 0 Å². The van der Waals surface area contributed by atoms with E-state index in [2.05, 4.69) is 20.4 Å². The van der Waals surface area contributed by atoms with Crippen molar-refractivity contribution >= 4 is 11.7 Å². The highest BCUT2D eigenvalue weighted by Crippen LogP contribution is 2.21. The van der Waals surface area contributed by atoms with E-state index in [0.717, 1.165) is 35.7 Å². The van der Waals surface area contributed by atoms with Crippen LogP contribution in [-0.2, 0) is 6.54 Å². The first kappa shape index (κ1) is 18.2. The van der Waals surface area contributed by atoms with Crippen molar-refractivity contribution in [3.05, 3.63) is 77.4 Å². The Morgan fingerprint density at radius 3 is 2.39 bits per heavy atom. The van der Waals surface area contributed by atoms with E-state index in [1.807, 2.05) is 67.6 Å². The first-order valence-corrected chi connectivity index (χ1v) is 9.72. The SMILES string of the molecule is Cc1ccccc1CNC(=O)c1ccc(-c2ccc(N3CCCC3)nn2)cc1. The van der Waals surface area contributed by atoms with Gasteiger partial charge in [-0.1, -0.05) is 36.4 Å². The minimum Gasteiger partial charge on any atom is -0.355 e. The molecular formula is C23H24N4O. The predicted molar refractivity (Wildman–Crippen MR) is 111 cm³/mol. The van der Waals surface area contributed by atoms with Crippen LogP contribution in [0.4, 0.5) is 5.82 Å². The van der Waals surface area contributed by atoms with Crippen LogP contribution in [0, 0.1) is 6.92 Å². The van der Waals surface area contributed by atoms with Gasteiger partial charge in [-0.05, 0) is 55.2 Å². The van der Waals surface area contributed by atoms with Crippen molar-refractivity contribution in [1.82, 2.24) is 15.5 Å². The number of nitrogens with one attached hydrogen (secondary N) is 1. The van der Waals surface area contributed by atoms with Gasteiger partial charge in [-0.3, -0.25) is 4.79 Å². The molecule has 0 bridgehead atoms. The van der Waals surface area contributed by atoms with Gasteiger partial charge in [0.05, 0.1) is 5.69 Å². The van der Waals surface area contributed by atoms with Gasteiger partial charge in [-0.2, -0.15) is 0 Å². The smallest absolute Gasteiger partial charge is 0.251 e. The molecule has 142 valence electrons. The van der Waals surface area contributed by atoms with Crippen LogP contribution in [0.2, 0.25) is 0 Å². The number of carbonyl (C=O) groups excluding carboxylic acids is 1. The molecule has 1 amide bonds. The fraction of sp³-hybridized carbons (Fsp3) is 0.261. The number of hydrogen-bond donors (Lipinski definition) is 1. The monoisotopic (exact) mass is 372 g/mol. The highest BCUT2D eigenvalue weighted by molar-refractivity contribution is 5.94. The minimum atomic E-state index is -0.0785. The van der Waals surface area contributed by atoms with Gasteiger partial charge in [-0.25, -0.2) is 0 Å². The van der Waals surface area contributed by atoms with Crippen molar-refractivity contribution < 1.29 is 4.79 Å². The lowest BCUT2D eigenvalue weighted by Gasteiger charge is -2.15. The number of aromatic nitrogens is 2. The summed E-state index contributed by atoms with van der Waals surface area (Å²) in [4.78, 5) is 14.7. The molecule has 1 aliphatic rings. The summed E-state index contributed by atoms with van der Waals surface area (Å²) in [6, 6.07) is 19.6. The maximum absolute atomic E-state index is 12.4. The number of aryl methyl sites for hydroxylation is 1. The predicted octanol–water partition coefficient (Wildman–Crippen LogP) is 3.98. The topological polar surface area (TPSA) is 58.1 Å². The molecule has 2 heterocycles. The molecule has 4 rings (SSSR count). The molecule has 28 heavy (non-hydrogen) atoms. The Labute approximate surface area is 165 Å². The van der Waals surface area contributed by atoms with E-state index in [0.29, 0.717) is 12.1 Å². The standard InChI is InChI=1S/C23H24N4O/c1-17-6-2-3-7-20(17)16-24-23(28)19-10-8-18(9-11-19)21-12-13-22(26-25-21)27-14-4-5-15-27/h2-3,6-13H,4-5,14-16H2,1H3,(H,24,28). The van der Waals surface area contributed by atoms with E-state index in [1.54, 1.807) is 0 Å². The second-order valence-electron chi connectivity index (χ2n) is 7.16. The van der Waals surface area contributed by atoms with Crippen molar-refractivity contribution in [2.75, 3.05) is 18.0 Å². The summed E-state index contributed by atoms with van der Waals surface area (Å²) in [5.41, 5.74) is 4.71. The lowest BCUT2D eigenvalue weighted by atomic mass is 10.1. The minimum absolute atomic E-state index is 0.0785. The van der Waals surface area contributed by atoms with Crippen LogP contribution in [-0.4, -0.2) is 29.2 Å². The largest absolute Gasteiger partial charge is 0.355 e. The summed E-state index contributed by atoms with van der Waals surface area (Å²) in [7, 11) is 0. The molecule has 0 spiro atoms. The zero-order valence-electron chi connectivity index (χ0n) is 16.1. The molecule has 5 heteroatoms. The number of hydrogen-bond acceptors (Lipinski definition) is 4. The molecule has 0 atom stereocenters. The van der Waals surface area contributed by atoms with Gasteiger partial charge >= 0.3 is 0 Å². The number of amides is 1. The van der Waals surface area contributed by atoms with Crippen LogP contribution in [0.3, 0.4) is 0 Å². The maximum atomic E-state index is 12.4. The molecule has 5 nitrogen and oxygen atoms in total. The molecule has 0 aliphatic carbocycles. The van der Waals surface area contributed by atoms with Crippen molar-refractivity contribution in [2.45, 2.75) is 26.3 Å². The van der Waals surface area contributed by atoms with E-state index in [1.165, 1.54) is 18.4 Å². The third kappa shape index (κ3) is 4.03. The molecule has 0 radical (unpaired) electrons. The third-order valence-corrected chi connectivity index (χ3v) is 5.22. The van der Waals surface area contributed by atoms with Crippen LogP contribution >= 0.6 is 0 Å². The van der Waals surface area contributed by atoms with Crippen molar-refractivity contribution in [3.8, 4) is 11.3 Å². The lowest BCUT2D eigenvalue weighted by molar-refractivity contribution is 0.0951. The van der Waals surface area contributed by atoms with E-state index in [9.17, 15) is 4.79 Å². The molecule has 1 saturated heterocycles. The Balaban J connectivity index is 1.40. The van der Waals surface area contributed by atoms with E-state index in [-0.39, 0.29) is 5.91 Å². The lowest BCUT2D eigenvalue weighted by Crippen LogP contribution is -2.23. The molecular weight excluding hydrogens is 348 g/mol. The molecule has 0 saturated carbocycles. The highest BCUT2D eigenvalue weighted by Gasteiger charge is 2.14. The van der Waals surface area contributed by atoms with Gasteiger partial charge in [0.25, 0.3) is 5.91 Å². The highest BCUT2D eigenvalue weighted by atomic mass is 16.1. The summed E-state index contributed by atoms with van der Waals surface area (Å²) in [6.07, 6.45) is 2.44. The summed E-state index contributed by atoms with van der Waals surface area (Å²) in [5, 5.41) is 11.7. The first-order chi connectivity index (χ1) is 13.7. The number of carbonyl (C=O) groups is 1. The van der Waals surface area contributed by atoms with Crippen LogP contribution in [0.1, 0.15) is 34.3 Å². The van der Waals surface area contributed by atoms with Crippen LogP contribution in [0.15, 0.2) is 60.7 Å². The molecule has 2 aromatic carbocycles. The van der Waals surface area contributed by atoms with Crippen molar-refractivity contribution in [2.24, 2.45) is 0 Å². The number of anilines is 1. The van der Waals surface area contributed by atoms with E-state index < -0.39 is 0 Å². The fourth-order valence-corrected chi connectivity index (χ4v) is 3.47. The average molecular weight is 372 g/mol. The van der Waals surface area contributed by atoms with Crippen molar-refractivity contribution in [1.29, 1.82) is 0 Å². The quantitative estimate of drug-likeness (QED) is 0.736. The Kier molecular flexibility index (Phi) is 5.33. The van der Waals surface area contributed by atoms with E-state index >= 15 is 0 Å². The number of nitrogens with zero attached hydrogens (tertiary/aromatic N) is 3. The van der Waals surface area contributed by atoms with Gasteiger partial charge in [0.2, 0.25) is 0 Å². The van der Waals surface area contributed by atoms with Gasteiger partial charge in [-0.15, -0.1) is 10.2 Å². The first-order valence-electron chi connectivity index (χ1n) is 9.72. The molecule has 1 aliphatic heterocycles. The normalized spacial score (nSPS) is 13.5. The Morgan fingerprint density at radius 1 is 0.964 bits per heavy atom. The van der Waals surface area contributed by atoms with E-state index in [4.69, 9.17) is 0 Å². The second kappa shape index (κ2) is 8.21. The summed E-state index contributed by atoms with van der Waals surface area (Å²) in [6.45, 7) is 4.68. The summed E-state index contributed by atoms with van der Waals surface area (Å²) >= 11 is 0. The molecule has 1 aromatic heterocycles. The third-order valence-electron chi connectivity index (χ3n) is 5.22. The molecule has 3 aromatic rings. The Morgan fingerprint density at radius 2 is 1.71 bits per heavy atom. The zero-order chi connectivity index (χ0) is 19.3. The zero-order valence-corrected chi connectivity index (χ0v) is 16.1.